The van der Waals surface area contributed by atoms with Crippen molar-refractivity contribution >= 4 is 5.78 Å². The Morgan fingerprint density at radius 1 is 1.29 bits per heavy atom. The number of methoxy groups -OCH3 is 1. The maximum Gasteiger partial charge on any atom is 0.135 e. The highest BCUT2D eigenvalue weighted by molar-refractivity contribution is 5.80. The number of ketones is 1. The average molecular weight is 200 g/mol. The van der Waals surface area contributed by atoms with Crippen molar-refractivity contribution in [3.8, 4) is 0 Å². The van der Waals surface area contributed by atoms with Gasteiger partial charge in [-0.1, -0.05) is 20.3 Å². The SMILES string of the molecule is COC(C)(C)CCCCC(=O)C(C)C. The largest absolute Gasteiger partial charge is 0.379 e. The van der Waals surface area contributed by atoms with Crippen LogP contribution >= 0.6 is 0 Å². The van der Waals surface area contributed by atoms with E-state index in [9.17, 15) is 4.79 Å². The van der Waals surface area contributed by atoms with Gasteiger partial charge in [0.05, 0.1) is 5.60 Å². The van der Waals surface area contributed by atoms with E-state index >= 15 is 0 Å². The van der Waals surface area contributed by atoms with Gasteiger partial charge in [0.25, 0.3) is 0 Å². The third-order valence-corrected chi connectivity index (χ3v) is 2.65. The molecule has 0 radical (unpaired) electrons. The van der Waals surface area contributed by atoms with Crippen LogP contribution in [0, 0.1) is 5.92 Å². The summed E-state index contributed by atoms with van der Waals surface area (Å²) in [7, 11) is 1.74. The first-order chi connectivity index (χ1) is 6.39. The molecule has 0 atom stereocenters. The van der Waals surface area contributed by atoms with Crippen molar-refractivity contribution in [3.63, 3.8) is 0 Å². The molecule has 2 heteroatoms. The number of ether oxygens (including phenoxy) is 1. The zero-order valence-electron chi connectivity index (χ0n) is 10.2. The number of hydrogen-bond acceptors (Lipinski definition) is 2. The van der Waals surface area contributed by atoms with Gasteiger partial charge in [0, 0.05) is 19.4 Å². The molecule has 0 spiro atoms. The number of carbonyl (C=O) groups excluding carboxylic acids is 1. The van der Waals surface area contributed by atoms with Gasteiger partial charge in [-0.2, -0.15) is 0 Å². The maximum absolute atomic E-state index is 11.3. The maximum atomic E-state index is 11.3. The lowest BCUT2D eigenvalue weighted by Gasteiger charge is -2.22. The molecule has 0 bridgehead atoms. The van der Waals surface area contributed by atoms with Crippen LogP contribution in [0.1, 0.15) is 53.4 Å². The summed E-state index contributed by atoms with van der Waals surface area (Å²) in [6, 6.07) is 0. The quantitative estimate of drug-likeness (QED) is 0.590. The molecule has 0 aliphatic carbocycles. The van der Waals surface area contributed by atoms with Gasteiger partial charge in [-0.15, -0.1) is 0 Å². The fraction of sp³-hybridized carbons (Fsp3) is 0.917. The van der Waals surface area contributed by atoms with Gasteiger partial charge in [0.15, 0.2) is 0 Å². The Labute approximate surface area is 88.0 Å². The molecule has 0 saturated heterocycles. The number of rotatable bonds is 7. The van der Waals surface area contributed by atoms with E-state index < -0.39 is 0 Å². The van der Waals surface area contributed by atoms with Crippen molar-refractivity contribution in [3.05, 3.63) is 0 Å². The Hall–Kier alpha value is -0.370. The molecule has 2 nitrogen and oxygen atoms in total. The van der Waals surface area contributed by atoms with Crippen LogP contribution in [-0.2, 0) is 9.53 Å². The van der Waals surface area contributed by atoms with E-state index in [4.69, 9.17) is 4.74 Å². The fourth-order valence-electron chi connectivity index (χ4n) is 1.24. The van der Waals surface area contributed by atoms with Crippen molar-refractivity contribution in [2.24, 2.45) is 5.92 Å². The van der Waals surface area contributed by atoms with Crippen LogP contribution in [0.4, 0.5) is 0 Å². The molecule has 0 unspecified atom stereocenters. The lowest BCUT2D eigenvalue weighted by molar-refractivity contribution is -0.122. The minimum absolute atomic E-state index is 0.0408. The third-order valence-electron chi connectivity index (χ3n) is 2.65. The Kier molecular flexibility index (Phi) is 6.01. The summed E-state index contributed by atoms with van der Waals surface area (Å²) < 4.78 is 5.31. The van der Waals surface area contributed by atoms with Gasteiger partial charge in [0.1, 0.15) is 5.78 Å². The van der Waals surface area contributed by atoms with Crippen LogP contribution in [0.25, 0.3) is 0 Å². The first kappa shape index (κ1) is 13.6. The number of unbranched alkanes of at least 4 members (excludes halogenated alkanes) is 1. The van der Waals surface area contributed by atoms with Gasteiger partial charge in [-0.25, -0.2) is 0 Å². The summed E-state index contributed by atoms with van der Waals surface area (Å²) in [5, 5.41) is 0. The number of carbonyl (C=O) groups is 1. The van der Waals surface area contributed by atoms with Crippen molar-refractivity contribution in [1.82, 2.24) is 0 Å². The van der Waals surface area contributed by atoms with Crippen LogP contribution in [0.15, 0.2) is 0 Å². The lowest BCUT2D eigenvalue weighted by Crippen LogP contribution is -2.22. The van der Waals surface area contributed by atoms with Gasteiger partial charge < -0.3 is 4.74 Å². The highest BCUT2D eigenvalue weighted by Crippen LogP contribution is 2.17. The topological polar surface area (TPSA) is 26.3 Å². The molecule has 84 valence electrons. The van der Waals surface area contributed by atoms with Crippen molar-refractivity contribution in [1.29, 1.82) is 0 Å². The molecule has 0 rings (SSSR count). The zero-order chi connectivity index (χ0) is 11.2. The molecule has 0 amide bonds. The predicted molar refractivity (Wildman–Crippen MR) is 59.4 cm³/mol. The van der Waals surface area contributed by atoms with E-state index in [-0.39, 0.29) is 11.5 Å². The summed E-state index contributed by atoms with van der Waals surface area (Å²) in [5.41, 5.74) is -0.0408. The molecule has 0 saturated carbocycles. The first-order valence-corrected chi connectivity index (χ1v) is 5.47. The Bertz CT molecular complexity index is 171. The van der Waals surface area contributed by atoms with E-state index in [0.717, 1.165) is 25.7 Å². The summed E-state index contributed by atoms with van der Waals surface area (Å²) in [5.74, 6) is 0.561. The highest BCUT2D eigenvalue weighted by Gasteiger charge is 2.15. The molecule has 0 aromatic carbocycles. The Balaban J connectivity index is 3.52. The van der Waals surface area contributed by atoms with E-state index in [0.29, 0.717) is 5.78 Å². The second-order valence-corrected chi connectivity index (χ2v) is 4.79. The van der Waals surface area contributed by atoms with Gasteiger partial charge in [0.2, 0.25) is 0 Å². The molecule has 0 aliphatic heterocycles. The van der Waals surface area contributed by atoms with E-state index in [2.05, 4.69) is 13.8 Å². The number of hydrogen-bond donors (Lipinski definition) is 0. The molecule has 0 heterocycles. The summed E-state index contributed by atoms with van der Waals surface area (Å²) in [4.78, 5) is 11.3. The Morgan fingerprint density at radius 3 is 2.29 bits per heavy atom. The van der Waals surface area contributed by atoms with Crippen molar-refractivity contribution in [2.75, 3.05) is 7.11 Å². The minimum atomic E-state index is -0.0408. The molecule has 0 N–H and O–H groups in total. The molecular weight excluding hydrogens is 176 g/mol. The van der Waals surface area contributed by atoms with Crippen molar-refractivity contribution < 1.29 is 9.53 Å². The van der Waals surface area contributed by atoms with E-state index in [1.54, 1.807) is 7.11 Å². The zero-order valence-corrected chi connectivity index (χ0v) is 10.2. The van der Waals surface area contributed by atoms with Crippen LogP contribution in [0.3, 0.4) is 0 Å². The van der Waals surface area contributed by atoms with Gasteiger partial charge >= 0.3 is 0 Å². The number of Topliss-reactive ketones (excluding diaryl/α,β-unsaturated/α-hetero) is 1. The molecule has 0 fully saturated rings. The molecule has 14 heavy (non-hydrogen) atoms. The van der Waals surface area contributed by atoms with E-state index in [1.165, 1.54) is 0 Å². The van der Waals surface area contributed by atoms with Crippen LogP contribution in [0.5, 0.6) is 0 Å². The van der Waals surface area contributed by atoms with Crippen molar-refractivity contribution in [2.45, 2.75) is 59.0 Å². The first-order valence-electron chi connectivity index (χ1n) is 5.47. The summed E-state index contributed by atoms with van der Waals surface area (Å²) in [6.07, 6.45) is 3.80. The van der Waals surface area contributed by atoms with Crippen LogP contribution in [0.2, 0.25) is 0 Å². The molecule has 0 aromatic rings. The minimum Gasteiger partial charge on any atom is -0.379 e. The summed E-state index contributed by atoms with van der Waals surface area (Å²) >= 11 is 0. The standard InChI is InChI=1S/C12H24O2/c1-10(2)11(13)8-6-7-9-12(3,4)14-5/h10H,6-9H2,1-5H3. The summed E-state index contributed by atoms with van der Waals surface area (Å²) in [6.45, 7) is 8.08. The third kappa shape index (κ3) is 6.14. The van der Waals surface area contributed by atoms with Gasteiger partial charge in [-0.3, -0.25) is 4.79 Å². The molecular formula is C12H24O2. The Morgan fingerprint density at radius 2 is 1.86 bits per heavy atom. The molecule has 0 aliphatic rings. The predicted octanol–water partition coefficient (Wildman–Crippen LogP) is 3.20. The normalized spacial score (nSPS) is 12.1. The lowest BCUT2D eigenvalue weighted by atomic mass is 9.97. The smallest absolute Gasteiger partial charge is 0.135 e. The highest BCUT2D eigenvalue weighted by atomic mass is 16.5. The molecule has 0 aromatic heterocycles. The monoisotopic (exact) mass is 200 g/mol. The van der Waals surface area contributed by atoms with Gasteiger partial charge in [-0.05, 0) is 26.7 Å². The van der Waals surface area contributed by atoms with Crippen LogP contribution < -0.4 is 0 Å². The fourth-order valence-corrected chi connectivity index (χ4v) is 1.24. The second-order valence-electron chi connectivity index (χ2n) is 4.79. The van der Waals surface area contributed by atoms with Crippen LogP contribution in [-0.4, -0.2) is 18.5 Å². The van der Waals surface area contributed by atoms with E-state index in [1.807, 2.05) is 13.8 Å². The second kappa shape index (κ2) is 6.18. The average Bonchev–Trinajstić information content (AvgIpc) is 2.12.